The number of carbonyl (C=O) groups is 1. The number of fused-ring (bicyclic) bond motifs is 1. The molecule has 7 heteroatoms. The summed E-state index contributed by atoms with van der Waals surface area (Å²) in [6.45, 7) is 0.808. The number of hydrogen-bond donors (Lipinski definition) is 2. The molecular formula is C20H17N5O2. The van der Waals surface area contributed by atoms with Crippen LogP contribution in [0.4, 0.5) is 0 Å². The first-order valence-corrected chi connectivity index (χ1v) is 8.49. The molecule has 3 heterocycles. The van der Waals surface area contributed by atoms with E-state index in [2.05, 4.69) is 20.3 Å². The van der Waals surface area contributed by atoms with Gasteiger partial charge in [0.1, 0.15) is 0 Å². The number of imidazole rings is 1. The minimum atomic E-state index is -0.221. The highest BCUT2D eigenvalue weighted by Crippen LogP contribution is 2.14. The number of nitrogens with zero attached hydrogens (tertiary/aromatic N) is 3. The smallest absolute Gasteiger partial charge is 0.326 e. The number of benzene rings is 1. The van der Waals surface area contributed by atoms with Gasteiger partial charge in [0, 0.05) is 36.9 Å². The number of pyridine rings is 2. The predicted molar refractivity (Wildman–Crippen MR) is 101 cm³/mol. The first kappa shape index (κ1) is 16.7. The van der Waals surface area contributed by atoms with E-state index < -0.39 is 0 Å². The molecule has 0 radical (unpaired) electrons. The Balaban J connectivity index is 1.56. The quantitative estimate of drug-likeness (QED) is 0.571. The van der Waals surface area contributed by atoms with Crippen molar-refractivity contribution < 1.29 is 4.79 Å². The van der Waals surface area contributed by atoms with E-state index >= 15 is 0 Å². The van der Waals surface area contributed by atoms with Gasteiger partial charge in [-0.2, -0.15) is 0 Å². The lowest BCUT2D eigenvalue weighted by Gasteiger charge is -2.06. The summed E-state index contributed by atoms with van der Waals surface area (Å²) in [6, 6.07) is 12.7. The largest absolute Gasteiger partial charge is 0.348 e. The maximum Gasteiger partial charge on any atom is 0.326 e. The summed E-state index contributed by atoms with van der Waals surface area (Å²) in [6.07, 6.45) is 6.81. The summed E-state index contributed by atoms with van der Waals surface area (Å²) in [5, 5.41) is 2.86. The van der Waals surface area contributed by atoms with Crippen molar-refractivity contribution in [2.45, 2.75) is 13.1 Å². The van der Waals surface area contributed by atoms with Crippen LogP contribution in [0.3, 0.4) is 0 Å². The number of hydrogen-bond acceptors (Lipinski definition) is 4. The molecule has 0 fully saturated rings. The number of rotatable bonds is 5. The number of H-pyrrole nitrogens is 1. The summed E-state index contributed by atoms with van der Waals surface area (Å²) >= 11 is 0. The molecule has 3 aromatic heterocycles. The summed E-state index contributed by atoms with van der Waals surface area (Å²) in [5.41, 5.74) is 3.48. The van der Waals surface area contributed by atoms with Gasteiger partial charge in [-0.15, -0.1) is 0 Å². The summed E-state index contributed by atoms with van der Waals surface area (Å²) in [5.74, 6) is -0.207. The molecule has 0 unspecified atom stereocenters. The third kappa shape index (κ3) is 3.62. The lowest BCUT2D eigenvalue weighted by Crippen LogP contribution is -2.22. The van der Waals surface area contributed by atoms with Crippen molar-refractivity contribution in [2.75, 3.05) is 0 Å². The van der Waals surface area contributed by atoms with Crippen LogP contribution in [0.25, 0.3) is 11.0 Å². The first-order chi connectivity index (χ1) is 13.2. The Morgan fingerprint density at radius 2 is 1.78 bits per heavy atom. The molecule has 0 aliphatic carbocycles. The third-order valence-electron chi connectivity index (χ3n) is 4.28. The second-order valence-corrected chi connectivity index (χ2v) is 6.15. The van der Waals surface area contributed by atoms with Gasteiger partial charge in [0.2, 0.25) is 0 Å². The molecule has 1 aromatic carbocycles. The molecule has 0 bridgehead atoms. The van der Waals surface area contributed by atoms with E-state index in [0.717, 1.165) is 16.6 Å². The van der Waals surface area contributed by atoms with E-state index in [1.165, 1.54) is 0 Å². The Hall–Kier alpha value is -3.74. The molecule has 0 atom stereocenters. The number of amides is 1. The minimum Gasteiger partial charge on any atom is -0.348 e. The molecule has 2 N–H and O–H groups in total. The van der Waals surface area contributed by atoms with Crippen LogP contribution in [-0.2, 0) is 13.1 Å². The molecule has 4 rings (SSSR count). The standard InChI is InChI=1S/C20H17N5O2/c26-19(23-12-14-3-1-7-21-10-14)16-5-6-18-17(9-16)24-20(27)25(18)13-15-4-2-8-22-11-15/h1-11H,12-13H2,(H,23,26)(H,24,27). The second-order valence-electron chi connectivity index (χ2n) is 6.15. The van der Waals surface area contributed by atoms with Crippen molar-refractivity contribution in [1.29, 1.82) is 0 Å². The normalized spacial score (nSPS) is 10.8. The van der Waals surface area contributed by atoms with Crippen molar-refractivity contribution >= 4 is 16.9 Å². The van der Waals surface area contributed by atoms with Gasteiger partial charge in [-0.25, -0.2) is 4.79 Å². The van der Waals surface area contributed by atoms with Gasteiger partial charge >= 0.3 is 5.69 Å². The number of aromatic nitrogens is 4. The Morgan fingerprint density at radius 1 is 1.04 bits per heavy atom. The fourth-order valence-corrected chi connectivity index (χ4v) is 2.92. The molecule has 4 aromatic rings. The molecule has 7 nitrogen and oxygen atoms in total. The zero-order valence-electron chi connectivity index (χ0n) is 14.4. The van der Waals surface area contributed by atoms with Crippen molar-refractivity contribution in [1.82, 2.24) is 24.8 Å². The molecule has 0 saturated heterocycles. The van der Waals surface area contributed by atoms with Crippen LogP contribution >= 0.6 is 0 Å². The predicted octanol–water partition coefficient (Wildman–Crippen LogP) is 2.10. The SMILES string of the molecule is O=C(NCc1cccnc1)c1ccc2c(c1)[nH]c(=O)n2Cc1cccnc1. The molecule has 27 heavy (non-hydrogen) atoms. The number of carbonyl (C=O) groups excluding carboxylic acids is 1. The van der Waals surface area contributed by atoms with Gasteiger partial charge in [0.25, 0.3) is 5.91 Å². The Bertz CT molecular complexity index is 1130. The highest BCUT2D eigenvalue weighted by atomic mass is 16.2. The Morgan fingerprint density at radius 3 is 2.48 bits per heavy atom. The Labute approximate surface area is 154 Å². The van der Waals surface area contributed by atoms with Gasteiger partial charge in [-0.05, 0) is 41.5 Å². The molecule has 134 valence electrons. The van der Waals surface area contributed by atoms with Crippen LogP contribution < -0.4 is 11.0 Å². The lowest BCUT2D eigenvalue weighted by atomic mass is 10.1. The Kier molecular flexibility index (Phi) is 4.49. The van der Waals surface area contributed by atoms with Crippen molar-refractivity contribution in [3.05, 3.63) is 94.4 Å². The van der Waals surface area contributed by atoms with Crippen LogP contribution in [0.2, 0.25) is 0 Å². The fraction of sp³-hybridized carbons (Fsp3) is 0.100. The van der Waals surface area contributed by atoms with E-state index in [9.17, 15) is 9.59 Å². The van der Waals surface area contributed by atoms with Gasteiger partial charge in [0.15, 0.2) is 0 Å². The van der Waals surface area contributed by atoms with E-state index in [0.29, 0.717) is 24.2 Å². The van der Waals surface area contributed by atoms with E-state index in [1.807, 2.05) is 24.3 Å². The highest BCUT2D eigenvalue weighted by Gasteiger charge is 2.11. The fourth-order valence-electron chi connectivity index (χ4n) is 2.92. The average molecular weight is 359 g/mol. The van der Waals surface area contributed by atoms with Gasteiger partial charge in [0.05, 0.1) is 17.6 Å². The van der Waals surface area contributed by atoms with Gasteiger partial charge < -0.3 is 10.3 Å². The molecule has 0 aliphatic heterocycles. The molecule has 0 spiro atoms. The van der Waals surface area contributed by atoms with Gasteiger partial charge in [-0.1, -0.05) is 12.1 Å². The summed E-state index contributed by atoms with van der Waals surface area (Å²) < 4.78 is 1.63. The summed E-state index contributed by atoms with van der Waals surface area (Å²) in [4.78, 5) is 35.6. The van der Waals surface area contributed by atoms with Crippen LogP contribution in [-0.4, -0.2) is 25.4 Å². The maximum atomic E-state index is 12.4. The first-order valence-electron chi connectivity index (χ1n) is 8.49. The topological polar surface area (TPSA) is 92.7 Å². The van der Waals surface area contributed by atoms with Crippen LogP contribution in [0.5, 0.6) is 0 Å². The molecule has 1 amide bonds. The summed E-state index contributed by atoms with van der Waals surface area (Å²) in [7, 11) is 0. The monoisotopic (exact) mass is 359 g/mol. The van der Waals surface area contributed by atoms with Gasteiger partial charge in [-0.3, -0.25) is 19.3 Å². The van der Waals surface area contributed by atoms with Crippen LogP contribution in [0.1, 0.15) is 21.5 Å². The number of aromatic amines is 1. The zero-order chi connectivity index (χ0) is 18.6. The second kappa shape index (κ2) is 7.25. The lowest BCUT2D eigenvalue weighted by molar-refractivity contribution is 0.0951. The molecule has 0 saturated carbocycles. The average Bonchev–Trinajstić information content (AvgIpc) is 3.02. The highest BCUT2D eigenvalue weighted by molar-refractivity contribution is 5.97. The van der Waals surface area contributed by atoms with E-state index in [4.69, 9.17) is 0 Å². The van der Waals surface area contributed by atoms with Crippen LogP contribution in [0.15, 0.2) is 72.0 Å². The van der Waals surface area contributed by atoms with Crippen molar-refractivity contribution in [3.8, 4) is 0 Å². The zero-order valence-corrected chi connectivity index (χ0v) is 14.4. The maximum absolute atomic E-state index is 12.4. The number of nitrogens with one attached hydrogen (secondary N) is 2. The molecule has 0 aliphatic rings. The van der Waals surface area contributed by atoms with E-state index in [1.54, 1.807) is 47.6 Å². The van der Waals surface area contributed by atoms with Crippen molar-refractivity contribution in [3.63, 3.8) is 0 Å². The van der Waals surface area contributed by atoms with Crippen molar-refractivity contribution in [2.24, 2.45) is 0 Å². The third-order valence-corrected chi connectivity index (χ3v) is 4.28. The minimum absolute atomic E-state index is 0.207. The van der Waals surface area contributed by atoms with E-state index in [-0.39, 0.29) is 11.6 Å². The molecular weight excluding hydrogens is 342 g/mol. The van der Waals surface area contributed by atoms with Crippen LogP contribution in [0, 0.1) is 0 Å².